The molecule has 1 aliphatic heterocycles. The topological polar surface area (TPSA) is 86.3 Å². The van der Waals surface area contributed by atoms with Crippen molar-refractivity contribution in [2.45, 2.75) is 6.10 Å². The zero-order valence-electron chi connectivity index (χ0n) is 11.8. The van der Waals surface area contributed by atoms with Crippen molar-refractivity contribution in [3.63, 3.8) is 0 Å². The number of hydrogen-bond acceptors (Lipinski definition) is 5. The number of pyridine rings is 1. The van der Waals surface area contributed by atoms with E-state index in [0.29, 0.717) is 31.3 Å². The second kappa shape index (κ2) is 5.53. The van der Waals surface area contributed by atoms with Gasteiger partial charge in [-0.3, -0.25) is 4.79 Å². The predicted octanol–water partition coefficient (Wildman–Crippen LogP) is 0.611. The van der Waals surface area contributed by atoms with Crippen LogP contribution in [0.3, 0.4) is 0 Å². The highest BCUT2D eigenvalue weighted by atomic mass is 16.5. The largest absolute Gasteiger partial charge is 0.384 e. The van der Waals surface area contributed by atoms with E-state index in [1.165, 1.54) is 0 Å². The molecule has 2 aromatic heterocycles. The van der Waals surface area contributed by atoms with E-state index in [4.69, 9.17) is 10.5 Å². The van der Waals surface area contributed by atoms with Crippen molar-refractivity contribution in [3.05, 3.63) is 42.1 Å². The normalized spacial score (nSPS) is 18.7. The van der Waals surface area contributed by atoms with Gasteiger partial charge in [0.15, 0.2) is 5.82 Å². The standard InChI is InChI=1S/C14H17N5O2/c1-18-6-5-16-13(18)14(20)19-7-8-21-11(9-19)10-3-2-4-12(15)17-10/h2-6,11H,7-9H2,1H3,(H2,15,17). The maximum Gasteiger partial charge on any atom is 0.290 e. The number of anilines is 1. The lowest BCUT2D eigenvalue weighted by atomic mass is 10.2. The van der Waals surface area contributed by atoms with Crippen LogP contribution in [0.5, 0.6) is 0 Å². The fourth-order valence-electron chi connectivity index (χ4n) is 2.37. The van der Waals surface area contributed by atoms with Crippen molar-refractivity contribution in [2.24, 2.45) is 7.05 Å². The molecule has 1 amide bonds. The first-order valence-electron chi connectivity index (χ1n) is 6.76. The molecule has 2 N–H and O–H groups in total. The Bertz CT molecular complexity index is 654. The van der Waals surface area contributed by atoms with Crippen molar-refractivity contribution in [1.29, 1.82) is 0 Å². The zero-order valence-corrected chi connectivity index (χ0v) is 11.8. The van der Waals surface area contributed by atoms with E-state index in [0.717, 1.165) is 5.69 Å². The molecule has 2 aromatic rings. The van der Waals surface area contributed by atoms with Gasteiger partial charge in [-0.1, -0.05) is 6.07 Å². The number of nitrogens with zero attached hydrogens (tertiary/aromatic N) is 4. The Hall–Kier alpha value is -2.41. The third kappa shape index (κ3) is 2.73. The minimum Gasteiger partial charge on any atom is -0.384 e. The van der Waals surface area contributed by atoms with E-state index in [1.54, 1.807) is 35.0 Å². The van der Waals surface area contributed by atoms with Crippen molar-refractivity contribution >= 4 is 11.7 Å². The molecule has 0 bridgehead atoms. The number of imidazole rings is 1. The van der Waals surface area contributed by atoms with Crippen LogP contribution in [0.4, 0.5) is 5.82 Å². The summed E-state index contributed by atoms with van der Waals surface area (Å²) in [6.45, 7) is 1.46. The number of ether oxygens (including phenoxy) is 1. The number of rotatable bonds is 2. The highest BCUT2D eigenvalue weighted by Crippen LogP contribution is 2.22. The number of amides is 1. The molecule has 1 aliphatic rings. The first-order valence-corrected chi connectivity index (χ1v) is 6.76. The molecule has 1 unspecified atom stereocenters. The molecule has 1 fully saturated rings. The summed E-state index contributed by atoms with van der Waals surface area (Å²) < 4.78 is 7.42. The summed E-state index contributed by atoms with van der Waals surface area (Å²) >= 11 is 0. The van der Waals surface area contributed by atoms with Crippen LogP contribution < -0.4 is 5.73 Å². The Morgan fingerprint density at radius 2 is 2.33 bits per heavy atom. The van der Waals surface area contributed by atoms with Gasteiger partial charge in [0, 0.05) is 26.0 Å². The van der Waals surface area contributed by atoms with E-state index in [2.05, 4.69) is 9.97 Å². The average Bonchev–Trinajstić information content (AvgIpc) is 2.93. The van der Waals surface area contributed by atoms with Gasteiger partial charge in [0.05, 0.1) is 18.8 Å². The zero-order chi connectivity index (χ0) is 14.8. The molecule has 0 radical (unpaired) electrons. The van der Waals surface area contributed by atoms with Gasteiger partial charge in [0.2, 0.25) is 0 Å². The molecule has 21 heavy (non-hydrogen) atoms. The van der Waals surface area contributed by atoms with Crippen molar-refractivity contribution < 1.29 is 9.53 Å². The van der Waals surface area contributed by atoms with Gasteiger partial charge in [-0.05, 0) is 12.1 Å². The molecule has 0 saturated carbocycles. The Balaban J connectivity index is 1.77. The predicted molar refractivity (Wildman–Crippen MR) is 76.5 cm³/mol. The fraction of sp³-hybridized carbons (Fsp3) is 0.357. The van der Waals surface area contributed by atoms with Crippen LogP contribution >= 0.6 is 0 Å². The van der Waals surface area contributed by atoms with Gasteiger partial charge < -0.3 is 19.9 Å². The van der Waals surface area contributed by atoms with E-state index in [-0.39, 0.29) is 12.0 Å². The van der Waals surface area contributed by atoms with Gasteiger partial charge in [0.1, 0.15) is 11.9 Å². The maximum absolute atomic E-state index is 12.5. The number of aryl methyl sites for hydroxylation is 1. The number of aromatic nitrogens is 3. The summed E-state index contributed by atoms with van der Waals surface area (Å²) in [6.07, 6.45) is 3.11. The van der Waals surface area contributed by atoms with Gasteiger partial charge >= 0.3 is 0 Å². The van der Waals surface area contributed by atoms with Crippen molar-refractivity contribution in [1.82, 2.24) is 19.4 Å². The van der Waals surface area contributed by atoms with Crippen LogP contribution in [0.15, 0.2) is 30.6 Å². The number of carbonyl (C=O) groups is 1. The SMILES string of the molecule is Cn1ccnc1C(=O)N1CCOC(c2cccc(N)n2)C1. The third-order valence-electron chi connectivity index (χ3n) is 3.49. The first kappa shape index (κ1) is 13.6. The summed E-state index contributed by atoms with van der Waals surface area (Å²) in [4.78, 5) is 22.6. The Morgan fingerprint density at radius 3 is 3.05 bits per heavy atom. The Morgan fingerprint density at radius 1 is 1.48 bits per heavy atom. The first-order chi connectivity index (χ1) is 10.1. The molecule has 110 valence electrons. The molecule has 0 aromatic carbocycles. The minimum absolute atomic E-state index is 0.0975. The summed E-state index contributed by atoms with van der Waals surface area (Å²) in [6, 6.07) is 5.42. The second-order valence-corrected chi connectivity index (χ2v) is 4.96. The molecule has 0 aliphatic carbocycles. The van der Waals surface area contributed by atoms with E-state index < -0.39 is 0 Å². The van der Waals surface area contributed by atoms with Crippen LogP contribution in [0.1, 0.15) is 22.4 Å². The van der Waals surface area contributed by atoms with Gasteiger partial charge in [-0.2, -0.15) is 0 Å². The Kier molecular flexibility index (Phi) is 3.57. The smallest absolute Gasteiger partial charge is 0.290 e. The Labute approximate surface area is 122 Å². The maximum atomic E-state index is 12.5. The molecule has 3 rings (SSSR count). The number of nitrogens with two attached hydrogens (primary N) is 1. The summed E-state index contributed by atoms with van der Waals surface area (Å²) in [5.74, 6) is 0.777. The molecule has 1 saturated heterocycles. The molecule has 7 nitrogen and oxygen atoms in total. The van der Waals surface area contributed by atoms with Crippen LogP contribution in [-0.4, -0.2) is 45.0 Å². The van der Waals surface area contributed by atoms with Crippen LogP contribution in [0.2, 0.25) is 0 Å². The molecule has 3 heterocycles. The summed E-state index contributed by atoms with van der Waals surface area (Å²) in [5, 5.41) is 0. The molecule has 7 heteroatoms. The van der Waals surface area contributed by atoms with Crippen LogP contribution in [-0.2, 0) is 11.8 Å². The summed E-state index contributed by atoms with van der Waals surface area (Å²) in [7, 11) is 1.80. The highest BCUT2D eigenvalue weighted by Gasteiger charge is 2.28. The molecule has 0 spiro atoms. The lowest BCUT2D eigenvalue weighted by Gasteiger charge is -2.32. The average molecular weight is 287 g/mol. The van der Waals surface area contributed by atoms with Crippen molar-refractivity contribution in [3.8, 4) is 0 Å². The van der Waals surface area contributed by atoms with Gasteiger partial charge in [-0.15, -0.1) is 0 Å². The quantitative estimate of drug-likeness (QED) is 0.874. The lowest BCUT2D eigenvalue weighted by molar-refractivity contribution is -0.0251. The van der Waals surface area contributed by atoms with Crippen LogP contribution in [0, 0.1) is 0 Å². The number of carbonyl (C=O) groups excluding carboxylic acids is 1. The summed E-state index contributed by atoms with van der Waals surface area (Å²) in [5.41, 5.74) is 6.44. The van der Waals surface area contributed by atoms with E-state index in [1.807, 2.05) is 12.1 Å². The van der Waals surface area contributed by atoms with Crippen molar-refractivity contribution in [2.75, 3.05) is 25.4 Å². The van der Waals surface area contributed by atoms with E-state index >= 15 is 0 Å². The lowest BCUT2D eigenvalue weighted by Crippen LogP contribution is -2.43. The van der Waals surface area contributed by atoms with Crippen LogP contribution in [0.25, 0.3) is 0 Å². The molecule has 1 atom stereocenters. The highest BCUT2D eigenvalue weighted by molar-refractivity contribution is 5.90. The van der Waals surface area contributed by atoms with Gasteiger partial charge in [-0.25, -0.2) is 9.97 Å². The second-order valence-electron chi connectivity index (χ2n) is 4.96. The molecular weight excluding hydrogens is 270 g/mol. The molecular formula is C14H17N5O2. The fourth-order valence-corrected chi connectivity index (χ4v) is 2.37. The van der Waals surface area contributed by atoms with Gasteiger partial charge in [0.25, 0.3) is 5.91 Å². The number of nitrogen functional groups attached to an aromatic ring is 1. The third-order valence-corrected chi connectivity index (χ3v) is 3.49. The van der Waals surface area contributed by atoms with E-state index in [9.17, 15) is 4.79 Å². The monoisotopic (exact) mass is 287 g/mol. The number of morpholine rings is 1. The minimum atomic E-state index is -0.258. The number of hydrogen-bond donors (Lipinski definition) is 1.